The third-order valence-electron chi connectivity index (χ3n) is 8.71. The van der Waals surface area contributed by atoms with Gasteiger partial charge in [-0.2, -0.15) is 0 Å². The summed E-state index contributed by atoms with van der Waals surface area (Å²) >= 11 is 5.50. The summed E-state index contributed by atoms with van der Waals surface area (Å²) in [6.07, 6.45) is 5.24. The van der Waals surface area contributed by atoms with E-state index in [4.69, 9.17) is 0 Å². The average Bonchev–Trinajstić information content (AvgIpc) is 3.52. The lowest BCUT2D eigenvalue weighted by molar-refractivity contribution is -0.148. The summed E-state index contributed by atoms with van der Waals surface area (Å²) in [4.78, 5) is 48.8. The number of rotatable bonds is 12. The van der Waals surface area contributed by atoms with Gasteiger partial charge in [-0.25, -0.2) is 0 Å². The number of likely N-dealkylation sites (tertiary alicyclic amines) is 1. The minimum Gasteiger partial charge on any atom is -0.394 e. The Balaban J connectivity index is 1.85. The molecule has 0 aromatic heterocycles. The van der Waals surface area contributed by atoms with Crippen molar-refractivity contribution in [3.63, 3.8) is 0 Å². The van der Waals surface area contributed by atoms with Gasteiger partial charge in [0.05, 0.1) is 29.2 Å². The fourth-order valence-corrected chi connectivity index (χ4v) is 10.6. The molecule has 0 radical (unpaired) electrons. The predicted octanol–water partition coefficient (Wildman–Crippen LogP) is 4.29. The highest BCUT2D eigenvalue weighted by molar-refractivity contribution is 9.09. The number of hydrogen-bond acceptors (Lipinski definition) is 5. The number of carbonyl (C=O) groups excluding carboxylic acids is 3. The van der Waals surface area contributed by atoms with Crippen molar-refractivity contribution in [2.75, 3.05) is 26.2 Å². The van der Waals surface area contributed by atoms with Gasteiger partial charge in [0, 0.05) is 35.3 Å². The first-order valence-corrected chi connectivity index (χ1v) is 16.4. The molecule has 3 aliphatic rings. The van der Waals surface area contributed by atoms with Crippen LogP contribution in [0, 0.1) is 11.8 Å². The summed E-state index contributed by atoms with van der Waals surface area (Å²) in [6, 6.07) is 8.31. The van der Waals surface area contributed by atoms with E-state index in [9.17, 15) is 19.5 Å². The van der Waals surface area contributed by atoms with E-state index in [0.29, 0.717) is 32.5 Å². The Morgan fingerprint density at radius 1 is 1.20 bits per heavy atom. The molecule has 3 aliphatic heterocycles. The molecule has 0 aliphatic carbocycles. The van der Waals surface area contributed by atoms with Crippen LogP contribution in [0.2, 0.25) is 0 Å². The SMILES string of the molecule is C=CCN(CCC)C(=O)[C@H]1[C@@H]2SC3(CC2Br)C(C(=O)N(CC=C)C(C)(C)C)N([C@@H](CO)Cc2ccccc2)C(=O)[C@H]13. The van der Waals surface area contributed by atoms with Crippen molar-refractivity contribution in [1.82, 2.24) is 14.7 Å². The van der Waals surface area contributed by atoms with E-state index >= 15 is 0 Å². The Kier molecular flexibility index (Phi) is 9.81. The highest BCUT2D eigenvalue weighted by Gasteiger charge is 2.76. The number of halogens is 1. The largest absolute Gasteiger partial charge is 0.394 e. The molecule has 224 valence electrons. The van der Waals surface area contributed by atoms with Gasteiger partial charge < -0.3 is 19.8 Å². The summed E-state index contributed by atoms with van der Waals surface area (Å²) in [5.41, 5.74) is 0.455. The third-order valence-corrected chi connectivity index (χ3v) is 11.9. The number of aliphatic hydroxyl groups is 1. The minimum absolute atomic E-state index is 0.0165. The second-order valence-corrected chi connectivity index (χ2v) is 15.1. The Morgan fingerprint density at radius 2 is 1.85 bits per heavy atom. The Morgan fingerprint density at radius 3 is 2.41 bits per heavy atom. The Bertz CT molecular complexity index is 1160. The first kappa shape index (κ1) is 31.8. The monoisotopic (exact) mass is 645 g/mol. The highest BCUT2D eigenvalue weighted by atomic mass is 79.9. The lowest BCUT2D eigenvalue weighted by Crippen LogP contribution is -2.61. The van der Waals surface area contributed by atoms with E-state index in [-0.39, 0.29) is 34.4 Å². The molecule has 3 fully saturated rings. The van der Waals surface area contributed by atoms with Crippen LogP contribution in [-0.4, -0.2) is 96.2 Å². The molecule has 9 heteroatoms. The smallest absolute Gasteiger partial charge is 0.247 e. The number of nitrogens with zero attached hydrogens (tertiary/aromatic N) is 3. The number of thioether (sulfide) groups is 1. The first-order chi connectivity index (χ1) is 19.5. The van der Waals surface area contributed by atoms with Crippen LogP contribution >= 0.6 is 27.7 Å². The normalized spacial score (nSPS) is 29.3. The topological polar surface area (TPSA) is 81.2 Å². The van der Waals surface area contributed by atoms with Gasteiger partial charge in [-0.05, 0) is 45.6 Å². The van der Waals surface area contributed by atoms with E-state index in [1.165, 1.54) is 0 Å². The minimum atomic E-state index is -0.813. The lowest BCUT2D eigenvalue weighted by Gasteiger charge is -2.43. The number of fused-ring (bicyclic) bond motifs is 1. The lowest BCUT2D eigenvalue weighted by atomic mass is 9.70. The molecule has 41 heavy (non-hydrogen) atoms. The molecule has 3 saturated heterocycles. The maximum absolute atomic E-state index is 14.7. The van der Waals surface area contributed by atoms with E-state index in [1.807, 2.05) is 58.0 Å². The molecule has 1 aromatic rings. The summed E-state index contributed by atoms with van der Waals surface area (Å²) in [7, 11) is 0. The van der Waals surface area contributed by atoms with Crippen LogP contribution in [0.4, 0.5) is 0 Å². The van der Waals surface area contributed by atoms with Gasteiger partial charge in [-0.15, -0.1) is 24.9 Å². The van der Waals surface area contributed by atoms with Crippen molar-refractivity contribution in [3.8, 4) is 0 Å². The second kappa shape index (κ2) is 12.6. The van der Waals surface area contributed by atoms with Crippen LogP contribution in [0.5, 0.6) is 0 Å². The van der Waals surface area contributed by atoms with E-state index in [1.54, 1.807) is 38.6 Å². The molecule has 0 saturated carbocycles. The molecule has 3 heterocycles. The van der Waals surface area contributed by atoms with Gasteiger partial charge in [-0.1, -0.05) is 65.3 Å². The van der Waals surface area contributed by atoms with Gasteiger partial charge in [0.15, 0.2) is 0 Å². The van der Waals surface area contributed by atoms with Crippen molar-refractivity contribution in [1.29, 1.82) is 0 Å². The van der Waals surface area contributed by atoms with Crippen LogP contribution in [0.1, 0.15) is 46.1 Å². The molecule has 4 rings (SSSR count). The first-order valence-electron chi connectivity index (χ1n) is 14.6. The van der Waals surface area contributed by atoms with Crippen molar-refractivity contribution in [2.45, 2.75) is 79.4 Å². The fraction of sp³-hybridized carbons (Fsp3) is 0.594. The fourth-order valence-electron chi connectivity index (χ4n) is 7.06. The number of benzene rings is 1. The van der Waals surface area contributed by atoms with Crippen molar-refractivity contribution in [3.05, 3.63) is 61.2 Å². The van der Waals surface area contributed by atoms with Crippen LogP contribution in [-0.2, 0) is 20.8 Å². The van der Waals surface area contributed by atoms with Crippen molar-refractivity contribution in [2.24, 2.45) is 11.8 Å². The standard InChI is InChI=1S/C32H44BrN3O4S/c1-7-15-34(16-8-2)28(38)24-25-29(39)36(22(20-37)18-21-13-11-10-12-14-21)27(32(25)19-23(33)26(24)41-32)30(40)35(17-9-3)31(4,5)6/h7,9-14,22-27,37H,1,3,8,15-20H2,2,4-6H3/t22-,23?,24-,25+,26-,27?,32?/m1/s1. The van der Waals surface area contributed by atoms with Gasteiger partial charge in [0.1, 0.15) is 6.04 Å². The maximum atomic E-state index is 14.7. The summed E-state index contributed by atoms with van der Waals surface area (Å²) < 4.78 is -0.784. The number of amides is 3. The zero-order chi connectivity index (χ0) is 30.1. The maximum Gasteiger partial charge on any atom is 0.247 e. The Hall–Kier alpha value is -2.10. The molecule has 2 bridgehead atoms. The van der Waals surface area contributed by atoms with Gasteiger partial charge in [0.2, 0.25) is 17.7 Å². The molecule has 1 aromatic carbocycles. The zero-order valence-electron chi connectivity index (χ0n) is 24.7. The molecular formula is C32H44BrN3O4S. The number of aliphatic hydroxyl groups excluding tert-OH is 1. The average molecular weight is 647 g/mol. The highest BCUT2D eigenvalue weighted by Crippen LogP contribution is 2.68. The van der Waals surface area contributed by atoms with Crippen LogP contribution < -0.4 is 0 Å². The van der Waals surface area contributed by atoms with Gasteiger partial charge in [-0.3, -0.25) is 14.4 Å². The molecule has 1 N–H and O–H groups in total. The quantitative estimate of drug-likeness (QED) is 0.271. The summed E-state index contributed by atoms with van der Waals surface area (Å²) in [6.45, 7) is 16.8. The second-order valence-electron chi connectivity index (χ2n) is 12.4. The number of carbonyl (C=O) groups is 3. The van der Waals surface area contributed by atoms with E-state index in [2.05, 4.69) is 29.1 Å². The van der Waals surface area contributed by atoms with Crippen LogP contribution in [0.3, 0.4) is 0 Å². The third kappa shape index (κ3) is 5.66. The molecule has 1 spiro atoms. The predicted molar refractivity (Wildman–Crippen MR) is 169 cm³/mol. The van der Waals surface area contributed by atoms with Gasteiger partial charge >= 0.3 is 0 Å². The number of hydrogen-bond donors (Lipinski definition) is 1. The zero-order valence-corrected chi connectivity index (χ0v) is 27.1. The van der Waals surface area contributed by atoms with Crippen LogP contribution in [0.25, 0.3) is 0 Å². The number of alkyl halides is 1. The van der Waals surface area contributed by atoms with Crippen molar-refractivity contribution < 1.29 is 19.5 Å². The molecule has 3 unspecified atom stereocenters. The van der Waals surface area contributed by atoms with Crippen LogP contribution in [0.15, 0.2) is 55.6 Å². The molecule has 3 amide bonds. The van der Waals surface area contributed by atoms with E-state index < -0.39 is 34.2 Å². The van der Waals surface area contributed by atoms with E-state index in [0.717, 1.165) is 12.0 Å². The van der Waals surface area contributed by atoms with Gasteiger partial charge in [0.25, 0.3) is 0 Å². The molecular weight excluding hydrogens is 602 g/mol. The summed E-state index contributed by atoms with van der Waals surface area (Å²) in [5, 5.41) is 10.6. The Labute approximate surface area is 257 Å². The summed E-state index contributed by atoms with van der Waals surface area (Å²) in [5.74, 6) is -1.61. The molecule has 7 nitrogen and oxygen atoms in total. The van der Waals surface area contributed by atoms with Crippen molar-refractivity contribution >= 4 is 45.4 Å². The molecule has 7 atom stereocenters.